The minimum Gasteiger partial charge on any atom is -0.493 e. The monoisotopic (exact) mass is 448 g/mol. The van der Waals surface area contributed by atoms with Gasteiger partial charge in [0.15, 0.2) is 11.5 Å². The zero-order valence-electron chi connectivity index (χ0n) is 17.6. The molecule has 1 aromatic rings. The number of hydrogen-bond acceptors (Lipinski definition) is 8. The lowest BCUT2D eigenvalue weighted by Crippen LogP contribution is -2.44. The van der Waals surface area contributed by atoms with Crippen molar-refractivity contribution < 1.29 is 33.4 Å². The molecule has 2 heterocycles. The molecular formula is C21H24N2O7S. The molecule has 1 aromatic carbocycles. The fourth-order valence-electron chi connectivity index (χ4n) is 3.39. The molecule has 0 unspecified atom stereocenters. The second-order valence-corrected chi connectivity index (χ2v) is 8.05. The Morgan fingerprint density at radius 2 is 1.68 bits per heavy atom. The predicted octanol–water partition coefficient (Wildman–Crippen LogP) is 2.68. The molecule has 31 heavy (non-hydrogen) atoms. The summed E-state index contributed by atoms with van der Waals surface area (Å²) in [6.45, 7) is 2.30. The number of nitrogens with zero attached hydrogens (tertiary/aromatic N) is 2. The lowest BCUT2D eigenvalue weighted by molar-refractivity contribution is -0.136. The Kier molecular flexibility index (Phi) is 7.21. The van der Waals surface area contributed by atoms with Gasteiger partial charge in [-0.3, -0.25) is 24.1 Å². The summed E-state index contributed by atoms with van der Waals surface area (Å²) < 4.78 is 15.7. The summed E-state index contributed by atoms with van der Waals surface area (Å²) in [6.07, 6.45) is 4.46. The number of carbonyl (C=O) groups excluding carboxylic acids is 4. The third-order valence-corrected chi connectivity index (χ3v) is 5.81. The summed E-state index contributed by atoms with van der Waals surface area (Å²) in [5.74, 6) is -0.695. The summed E-state index contributed by atoms with van der Waals surface area (Å²) in [5, 5.41) is -0.489. The van der Waals surface area contributed by atoms with E-state index in [1.54, 1.807) is 17.0 Å². The van der Waals surface area contributed by atoms with Crippen LogP contribution in [0.2, 0.25) is 0 Å². The summed E-state index contributed by atoms with van der Waals surface area (Å²) in [6, 6.07) is 3.13. The third-order valence-electron chi connectivity index (χ3n) is 4.90. The van der Waals surface area contributed by atoms with E-state index in [-0.39, 0.29) is 34.6 Å². The van der Waals surface area contributed by atoms with E-state index in [4.69, 9.17) is 14.2 Å². The van der Waals surface area contributed by atoms with Gasteiger partial charge in [0.05, 0.1) is 19.1 Å². The largest absolute Gasteiger partial charge is 0.493 e. The molecule has 2 fully saturated rings. The number of thioether (sulfide) groups is 1. The molecule has 166 valence electrons. The van der Waals surface area contributed by atoms with Gasteiger partial charge in [-0.25, -0.2) is 0 Å². The van der Waals surface area contributed by atoms with Crippen LogP contribution in [0.1, 0.15) is 31.7 Å². The number of rotatable bonds is 6. The number of hydrogen-bond donors (Lipinski definition) is 0. The molecule has 9 nitrogen and oxygen atoms in total. The van der Waals surface area contributed by atoms with Crippen molar-refractivity contribution in [2.75, 3.05) is 33.9 Å². The second kappa shape index (κ2) is 9.86. The fraction of sp³-hybridized carbons (Fsp3) is 0.429. The third kappa shape index (κ3) is 5.19. The summed E-state index contributed by atoms with van der Waals surface area (Å²) in [7, 11) is 2.82. The van der Waals surface area contributed by atoms with Crippen LogP contribution in [0.5, 0.6) is 17.2 Å². The molecular weight excluding hydrogens is 424 g/mol. The average molecular weight is 448 g/mol. The number of amides is 3. The van der Waals surface area contributed by atoms with Crippen LogP contribution in [0.4, 0.5) is 4.79 Å². The number of methoxy groups -OCH3 is 2. The Balaban J connectivity index is 1.82. The van der Waals surface area contributed by atoms with Crippen LogP contribution in [0.15, 0.2) is 17.0 Å². The Labute approximate surface area is 184 Å². The van der Waals surface area contributed by atoms with Gasteiger partial charge in [-0.15, -0.1) is 0 Å². The van der Waals surface area contributed by atoms with Crippen LogP contribution < -0.4 is 14.2 Å². The first-order valence-corrected chi connectivity index (χ1v) is 10.6. The normalized spacial score (nSPS) is 17.8. The van der Waals surface area contributed by atoms with Gasteiger partial charge < -0.3 is 19.1 Å². The number of esters is 1. The van der Waals surface area contributed by atoms with E-state index in [1.165, 1.54) is 27.2 Å². The summed E-state index contributed by atoms with van der Waals surface area (Å²) in [5.41, 5.74) is 0.512. The highest BCUT2D eigenvalue weighted by Crippen LogP contribution is 2.40. The van der Waals surface area contributed by atoms with Gasteiger partial charge in [-0.2, -0.15) is 0 Å². The van der Waals surface area contributed by atoms with Crippen molar-refractivity contribution in [3.05, 3.63) is 22.6 Å². The molecule has 2 aliphatic heterocycles. The van der Waals surface area contributed by atoms with Gasteiger partial charge in [0, 0.05) is 20.0 Å². The molecule has 3 rings (SSSR count). The van der Waals surface area contributed by atoms with Crippen molar-refractivity contribution in [3.63, 3.8) is 0 Å². The fourth-order valence-corrected chi connectivity index (χ4v) is 4.23. The zero-order valence-corrected chi connectivity index (χ0v) is 18.5. The first-order valence-electron chi connectivity index (χ1n) is 9.81. The topological polar surface area (TPSA) is 102 Å². The maximum atomic E-state index is 12.8. The Morgan fingerprint density at radius 1 is 1.06 bits per heavy atom. The predicted molar refractivity (Wildman–Crippen MR) is 114 cm³/mol. The van der Waals surface area contributed by atoms with Gasteiger partial charge >= 0.3 is 5.97 Å². The van der Waals surface area contributed by atoms with Crippen molar-refractivity contribution in [2.45, 2.75) is 26.2 Å². The zero-order chi connectivity index (χ0) is 22.5. The SMILES string of the molecule is COc1cc(/C=C2\SC(=O)N(CC(=O)N3CCCCC3)C2=O)cc(OC)c1OC(C)=O. The van der Waals surface area contributed by atoms with E-state index in [0.29, 0.717) is 18.7 Å². The van der Waals surface area contributed by atoms with Crippen molar-refractivity contribution in [1.82, 2.24) is 9.80 Å². The van der Waals surface area contributed by atoms with Crippen LogP contribution in [-0.4, -0.2) is 66.7 Å². The lowest BCUT2D eigenvalue weighted by Gasteiger charge is -2.27. The molecule has 0 radical (unpaired) electrons. The minimum absolute atomic E-state index is 0.120. The van der Waals surface area contributed by atoms with Crippen molar-refractivity contribution in [1.29, 1.82) is 0 Å². The van der Waals surface area contributed by atoms with Crippen molar-refractivity contribution >= 4 is 40.9 Å². The van der Waals surface area contributed by atoms with E-state index >= 15 is 0 Å². The molecule has 0 bridgehead atoms. The molecule has 0 aliphatic carbocycles. The molecule has 0 N–H and O–H groups in total. The van der Waals surface area contributed by atoms with Gasteiger partial charge in [0.1, 0.15) is 6.54 Å². The Bertz CT molecular complexity index is 913. The quantitative estimate of drug-likeness (QED) is 0.372. The molecule has 2 saturated heterocycles. The molecule has 0 spiro atoms. The molecule has 2 aliphatic rings. The molecule has 3 amide bonds. The maximum absolute atomic E-state index is 12.8. The number of carbonyl (C=O) groups is 4. The molecule has 0 aromatic heterocycles. The molecule has 0 atom stereocenters. The van der Waals surface area contributed by atoms with Crippen LogP contribution in [0.3, 0.4) is 0 Å². The Hall–Kier alpha value is -3.01. The molecule has 10 heteroatoms. The van der Waals surface area contributed by atoms with E-state index in [0.717, 1.165) is 35.9 Å². The number of piperidine rings is 1. The summed E-state index contributed by atoms with van der Waals surface area (Å²) in [4.78, 5) is 51.8. The van der Waals surface area contributed by atoms with E-state index in [2.05, 4.69) is 0 Å². The first-order chi connectivity index (χ1) is 14.8. The van der Waals surface area contributed by atoms with E-state index < -0.39 is 17.1 Å². The minimum atomic E-state index is -0.538. The second-order valence-electron chi connectivity index (χ2n) is 7.06. The Morgan fingerprint density at radius 3 is 2.23 bits per heavy atom. The highest BCUT2D eigenvalue weighted by Gasteiger charge is 2.37. The molecule has 0 saturated carbocycles. The summed E-state index contributed by atoms with van der Waals surface area (Å²) >= 11 is 0.768. The highest BCUT2D eigenvalue weighted by molar-refractivity contribution is 8.18. The van der Waals surface area contributed by atoms with Gasteiger partial charge in [-0.05, 0) is 54.8 Å². The van der Waals surface area contributed by atoms with E-state index in [1.807, 2.05) is 0 Å². The van der Waals surface area contributed by atoms with Crippen molar-refractivity contribution in [3.8, 4) is 17.2 Å². The van der Waals surface area contributed by atoms with Crippen LogP contribution >= 0.6 is 11.8 Å². The average Bonchev–Trinajstić information content (AvgIpc) is 3.01. The number of imide groups is 1. The van der Waals surface area contributed by atoms with Crippen LogP contribution in [0.25, 0.3) is 6.08 Å². The maximum Gasteiger partial charge on any atom is 0.308 e. The van der Waals surface area contributed by atoms with Crippen molar-refractivity contribution in [2.24, 2.45) is 0 Å². The van der Waals surface area contributed by atoms with Crippen LogP contribution in [0, 0.1) is 0 Å². The number of ether oxygens (including phenoxy) is 3. The smallest absolute Gasteiger partial charge is 0.308 e. The standard InChI is InChI=1S/C21H24N2O7S/c1-13(24)30-19-15(28-2)9-14(10-16(19)29-3)11-17-20(26)23(21(27)31-17)12-18(25)22-7-5-4-6-8-22/h9-11H,4-8,12H2,1-3H3/b17-11-. The number of benzene rings is 1. The highest BCUT2D eigenvalue weighted by atomic mass is 32.2. The van der Waals surface area contributed by atoms with E-state index in [9.17, 15) is 19.2 Å². The van der Waals surface area contributed by atoms with Crippen LogP contribution in [-0.2, 0) is 14.4 Å². The van der Waals surface area contributed by atoms with Gasteiger partial charge in [0.25, 0.3) is 11.1 Å². The lowest BCUT2D eigenvalue weighted by atomic mass is 10.1. The van der Waals surface area contributed by atoms with Gasteiger partial charge in [-0.1, -0.05) is 0 Å². The first kappa shape index (κ1) is 22.7. The number of likely N-dealkylation sites (tertiary alicyclic amines) is 1. The van der Waals surface area contributed by atoms with Gasteiger partial charge in [0.2, 0.25) is 11.7 Å².